The molecule has 1 aromatic rings. The van der Waals surface area contributed by atoms with E-state index in [1.807, 2.05) is 24.3 Å². The van der Waals surface area contributed by atoms with Crippen molar-refractivity contribution in [3.63, 3.8) is 0 Å². The zero-order chi connectivity index (χ0) is 13.4. The Morgan fingerprint density at radius 1 is 0.667 bits per heavy atom. The van der Waals surface area contributed by atoms with Gasteiger partial charge >= 0.3 is 0 Å². The molecule has 0 unspecified atom stereocenters. The molecule has 0 aliphatic carbocycles. The lowest BCUT2D eigenvalue weighted by Crippen LogP contribution is -2.01. The van der Waals surface area contributed by atoms with Gasteiger partial charge in [-0.05, 0) is 47.9 Å². The van der Waals surface area contributed by atoms with Crippen LogP contribution < -0.4 is 0 Å². The van der Waals surface area contributed by atoms with Gasteiger partial charge in [-0.25, -0.2) is 0 Å². The maximum absolute atomic E-state index is 3.85. The maximum Gasteiger partial charge on any atom is -0.00944 e. The summed E-state index contributed by atoms with van der Waals surface area (Å²) in [5.41, 5.74) is 5.38. The van der Waals surface area contributed by atoms with Crippen LogP contribution >= 0.6 is 0 Å². The van der Waals surface area contributed by atoms with Crippen LogP contribution in [0.4, 0.5) is 0 Å². The lowest BCUT2D eigenvalue weighted by Gasteiger charge is -2.14. The van der Waals surface area contributed by atoms with Crippen molar-refractivity contribution >= 4 is 0 Å². The normalized spacial score (nSPS) is 9.78. The van der Waals surface area contributed by atoms with Gasteiger partial charge in [-0.1, -0.05) is 36.4 Å². The minimum atomic E-state index is 0.901. The molecule has 0 radical (unpaired) electrons. The second kappa shape index (κ2) is 7.50. The molecule has 0 nitrogen and oxygen atoms in total. The first-order chi connectivity index (χ1) is 8.76. The van der Waals surface area contributed by atoms with Crippen LogP contribution in [0.15, 0.2) is 62.8 Å². The van der Waals surface area contributed by atoms with Crippen LogP contribution in [-0.2, 0) is 25.7 Å². The number of allylic oxidation sites excluding steroid dienone is 4. The van der Waals surface area contributed by atoms with E-state index in [-0.39, 0.29) is 0 Å². The average Bonchev–Trinajstić information content (AvgIpc) is 2.34. The highest BCUT2D eigenvalue weighted by atomic mass is 14.1. The highest BCUT2D eigenvalue weighted by Crippen LogP contribution is 2.21. The van der Waals surface area contributed by atoms with E-state index in [9.17, 15) is 0 Å². The van der Waals surface area contributed by atoms with E-state index in [4.69, 9.17) is 0 Å². The summed E-state index contributed by atoms with van der Waals surface area (Å²) >= 11 is 0. The van der Waals surface area contributed by atoms with E-state index in [1.54, 1.807) is 0 Å². The summed E-state index contributed by atoms with van der Waals surface area (Å²) < 4.78 is 0. The van der Waals surface area contributed by atoms with Gasteiger partial charge in [0, 0.05) is 0 Å². The van der Waals surface area contributed by atoms with E-state index in [1.165, 1.54) is 22.3 Å². The van der Waals surface area contributed by atoms with Gasteiger partial charge in [0.2, 0.25) is 0 Å². The summed E-state index contributed by atoms with van der Waals surface area (Å²) in [5, 5.41) is 0. The Bertz CT molecular complexity index is 418. The average molecular weight is 238 g/mol. The van der Waals surface area contributed by atoms with Crippen molar-refractivity contribution in [3.05, 3.63) is 85.0 Å². The van der Waals surface area contributed by atoms with E-state index in [0.717, 1.165) is 25.7 Å². The molecule has 1 rings (SSSR count). The molecule has 94 valence electrons. The largest absolute Gasteiger partial charge is 0.103 e. The fraction of sp³-hybridized carbons (Fsp3) is 0.222. The molecule has 18 heavy (non-hydrogen) atoms. The second-order valence-corrected chi connectivity index (χ2v) is 4.36. The first kappa shape index (κ1) is 14.2. The molecular weight excluding hydrogens is 216 g/mol. The fourth-order valence-electron chi connectivity index (χ4n) is 2.24. The number of hydrogen-bond acceptors (Lipinski definition) is 0. The Balaban J connectivity index is 3.31. The summed E-state index contributed by atoms with van der Waals surface area (Å²) in [7, 11) is 0. The monoisotopic (exact) mass is 238 g/mol. The van der Waals surface area contributed by atoms with E-state index in [0.29, 0.717) is 0 Å². The van der Waals surface area contributed by atoms with E-state index >= 15 is 0 Å². The molecule has 0 N–H and O–H groups in total. The van der Waals surface area contributed by atoms with Gasteiger partial charge < -0.3 is 0 Å². The van der Waals surface area contributed by atoms with E-state index in [2.05, 4.69) is 38.4 Å². The first-order valence-corrected chi connectivity index (χ1v) is 6.33. The molecular formula is C18H22. The molecule has 0 aromatic heterocycles. The molecule has 0 spiro atoms. The Morgan fingerprint density at radius 2 is 1.11 bits per heavy atom. The maximum atomic E-state index is 3.85. The molecule has 0 aliphatic heterocycles. The molecule has 1 aromatic carbocycles. The molecule has 0 saturated carbocycles. The molecule has 0 saturated heterocycles. The number of benzene rings is 1. The van der Waals surface area contributed by atoms with Crippen LogP contribution in [0, 0.1) is 0 Å². The summed E-state index contributed by atoms with van der Waals surface area (Å²) in [4.78, 5) is 0. The van der Waals surface area contributed by atoms with Gasteiger partial charge in [0.05, 0.1) is 0 Å². The van der Waals surface area contributed by atoms with Gasteiger partial charge in [0.15, 0.2) is 0 Å². The molecule has 0 amide bonds. The van der Waals surface area contributed by atoms with Crippen molar-refractivity contribution < 1.29 is 0 Å². The van der Waals surface area contributed by atoms with Crippen molar-refractivity contribution in [2.45, 2.75) is 25.7 Å². The van der Waals surface area contributed by atoms with Crippen LogP contribution in [0.5, 0.6) is 0 Å². The third kappa shape index (κ3) is 3.59. The minimum absolute atomic E-state index is 0.901. The van der Waals surface area contributed by atoms with Crippen molar-refractivity contribution in [3.8, 4) is 0 Å². The molecule has 0 heteroatoms. The lowest BCUT2D eigenvalue weighted by molar-refractivity contribution is 1.06. The van der Waals surface area contributed by atoms with Gasteiger partial charge in [-0.3, -0.25) is 0 Å². The zero-order valence-electron chi connectivity index (χ0n) is 11.1. The predicted molar refractivity (Wildman–Crippen MR) is 82.0 cm³/mol. The van der Waals surface area contributed by atoms with Crippen molar-refractivity contribution in [1.82, 2.24) is 0 Å². The highest BCUT2D eigenvalue weighted by Gasteiger charge is 2.08. The minimum Gasteiger partial charge on any atom is -0.103 e. The summed E-state index contributed by atoms with van der Waals surface area (Å²) in [6.45, 7) is 15.3. The van der Waals surface area contributed by atoms with Gasteiger partial charge in [-0.2, -0.15) is 0 Å². The summed E-state index contributed by atoms with van der Waals surface area (Å²) in [5.74, 6) is 0. The van der Waals surface area contributed by atoms with Crippen LogP contribution in [-0.4, -0.2) is 0 Å². The predicted octanol–water partition coefficient (Wildman–Crippen LogP) is 4.60. The third-order valence-corrected chi connectivity index (χ3v) is 2.95. The quantitative estimate of drug-likeness (QED) is 0.581. The Hall–Kier alpha value is -1.82. The molecule has 0 aliphatic rings. The summed E-state index contributed by atoms with van der Waals surface area (Å²) in [6, 6.07) is 4.52. The van der Waals surface area contributed by atoms with Crippen molar-refractivity contribution in [2.24, 2.45) is 0 Å². The smallest absolute Gasteiger partial charge is 0.00944 e. The van der Waals surface area contributed by atoms with Crippen LogP contribution in [0.25, 0.3) is 0 Å². The van der Waals surface area contributed by atoms with Crippen LogP contribution in [0.2, 0.25) is 0 Å². The second-order valence-electron chi connectivity index (χ2n) is 4.36. The lowest BCUT2D eigenvalue weighted by atomic mass is 9.91. The highest BCUT2D eigenvalue weighted by molar-refractivity contribution is 5.43. The first-order valence-electron chi connectivity index (χ1n) is 6.33. The Labute approximate surface area is 111 Å². The van der Waals surface area contributed by atoms with Crippen LogP contribution in [0.3, 0.4) is 0 Å². The SMILES string of the molecule is C=CCc1cc(CC=C)c(CC=C)c(CC=C)c1. The molecule has 0 atom stereocenters. The zero-order valence-corrected chi connectivity index (χ0v) is 11.1. The standard InChI is InChI=1S/C18H22/c1-5-9-15-13-16(10-6-2)18(12-8-4)17(14-15)11-7-3/h5-8,13-14H,1-4,9-12H2. The number of hydrogen-bond donors (Lipinski definition) is 0. The topological polar surface area (TPSA) is 0 Å². The Morgan fingerprint density at radius 3 is 1.50 bits per heavy atom. The fourth-order valence-corrected chi connectivity index (χ4v) is 2.24. The third-order valence-electron chi connectivity index (χ3n) is 2.95. The van der Waals surface area contributed by atoms with Crippen molar-refractivity contribution in [1.29, 1.82) is 0 Å². The molecule has 0 heterocycles. The molecule has 0 fully saturated rings. The van der Waals surface area contributed by atoms with Crippen molar-refractivity contribution in [2.75, 3.05) is 0 Å². The number of rotatable bonds is 8. The Kier molecular flexibility index (Phi) is 5.93. The molecule has 0 bridgehead atoms. The van der Waals surface area contributed by atoms with Gasteiger partial charge in [-0.15, -0.1) is 26.3 Å². The van der Waals surface area contributed by atoms with Gasteiger partial charge in [0.1, 0.15) is 0 Å². The van der Waals surface area contributed by atoms with E-state index < -0.39 is 0 Å². The summed E-state index contributed by atoms with van der Waals surface area (Å²) in [6.07, 6.45) is 11.4. The van der Waals surface area contributed by atoms with Gasteiger partial charge in [0.25, 0.3) is 0 Å². The van der Waals surface area contributed by atoms with Crippen LogP contribution in [0.1, 0.15) is 22.3 Å².